The van der Waals surface area contributed by atoms with E-state index in [-0.39, 0.29) is 0 Å². The van der Waals surface area contributed by atoms with Crippen molar-refractivity contribution in [2.24, 2.45) is 11.8 Å². The highest BCUT2D eigenvalue weighted by molar-refractivity contribution is 5.46. The molecule has 0 amide bonds. The molecule has 0 aliphatic carbocycles. The minimum Gasteiger partial charge on any atom is -0.493 e. The van der Waals surface area contributed by atoms with E-state index in [0.717, 1.165) is 36.4 Å². The summed E-state index contributed by atoms with van der Waals surface area (Å²) in [6.07, 6.45) is 0. The summed E-state index contributed by atoms with van der Waals surface area (Å²) >= 11 is 0. The average molecular weight is 276 g/mol. The topological polar surface area (TPSA) is 33.7 Å². The molecule has 3 atom stereocenters. The molecule has 1 N–H and O–H groups in total. The van der Waals surface area contributed by atoms with Crippen molar-refractivity contribution in [2.45, 2.75) is 19.5 Å². The summed E-state index contributed by atoms with van der Waals surface area (Å²) in [5, 5.41) is 3.51. The Kier molecular flexibility index (Phi) is 3.85. The Morgan fingerprint density at radius 1 is 1.25 bits per heavy atom. The molecule has 0 bridgehead atoms. The van der Waals surface area contributed by atoms with Crippen LogP contribution in [0.4, 0.5) is 0 Å². The van der Waals surface area contributed by atoms with Gasteiger partial charge in [-0.15, -0.1) is 0 Å². The molecule has 2 fully saturated rings. The van der Waals surface area contributed by atoms with E-state index < -0.39 is 0 Å². The highest BCUT2D eigenvalue weighted by Crippen LogP contribution is 2.36. The fourth-order valence-electron chi connectivity index (χ4n) is 3.76. The Hall–Kier alpha value is -1.26. The molecule has 0 spiro atoms. The Labute approximate surface area is 121 Å². The minimum atomic E-state index is 0.630. The van der Waals surface area contributed by atoms with Crippen molar-refractivity contribution in [2.75, 3.05) is 33.9 Å². The molecule has 2 aliphatic heterocycles. The van der Waals surface area contributed by atoms with Crippen LogP contribution in [0.15, 0.2) is 18.2 Å². The van der Waals surface area contributed by atoms with Gasteiger partial charge in [-0.05, 0) is 37.9 Å². The van der Waals surface area contributed by atoms with E-state index in [1.165, 1.54) is 18.7 Å². The van der Waals surface area contributed by atoms with Gasteiger partial charge in [0.2, 0.25) is 0 Å². The number of para-hydroxylation sites is 1. The number of rotatable bonds is 4. The molecule has 3 rings (SSSR count). The molecule has 2 heterocycles. The lowest BCUT2D eigenvalue weighted by atomic mass is 9.95. The molecular weight excluding hydrogens is 252 g/mol. The second-order valence-electron chi connectivity index (χ2n) is 5.90. The van der Waals surface area contributed by atoms with Gasteiger partial charge in [0.1, 0.15) is 0 Å². The molecule has 4 heteroatoms. The first kappa shape index (κ1) is 13.7. The quantitative estimate of drug-likeness (QED) is 0.908. The SMILES string of the molecule is COc1cccc(CN2CC3CNCC3C2C)c1OC. The predicted octanol–water partition coefficient (Wildman–Crippen LogP) is 1.74. The van der Waals surface area contributed by atoms with Gasteiger partial charge in [-0.1, -0.05) is 12.1 Å². The molecule has 1 aromatic rings. The zero-order valence-corrected chi connectivity index (χ0v) is 12.6. The lowest BCUT2D eigenvalue weighted by Gasteiger charge is -2.25. The third-order valence-corrected chi connectivity index (χ3v) is 4.91. The van der Waals surface area contributed by atoms with Gasteiger partial charge in [-0.25, -0.2) is 0 Å². The first-order chi connectivity index (χ1) is 9.74. The van der Waals surface area contributed by atoms with Crippen molar-refractivity contribution >= 4 is 0 Å². The molecular formula is C16H24N2O2. The van der Waals surface area contributed by atoms with Gasteiger partial charge < -0.3 is 14.8 Å². The lowest BCUT2D eigenvalue weighted by Crippen LogP contribution is -2.32. The molecule has 0 radical (unpaired) electrons. The van der Waals surface area contributed by atoms with Gasteiger partial charge in [0.25, 0.3) is 0 Å². The largest absolute Gasteiger partial charge is 0.493 e. The molecule has 0 aromatic heterocycles. The first-order valence-corrected chi connectivity index (χ1v) is 7.39. The second kappa shape index (κ2) is 5.62. The summed E-state index contributed by atoms with van der Waals surface area (Å²) in [6, 6.07) is 6.76. The molecule has 110 valence electrons. The third kappa shape index (κ3) is 2.27. The third-order valence-electron chi connectivity index (χ3n) is 4.91. The average Bonchev–Trinajstić information content (AvgIpc) is 3.03. The maximum Gasteiger partial charge on any atom is 0.165 e. The molecule has 3 unspecified atom stereocenters. The zero-order chi connectivity index (χ0) is 14.1. The van der Waals surface area contributed by atoms with Crippen LogP contribution in [0, 0.1) is 11.8 Å². The Morgan fingerprint density at radius 3 is 2.80 bits per heavy atom. The fourth-order valence-corrected chi connectivity index (χ4v) is 3.76. The minimum absolute atomic E-state index is 0.630. The highest BCUT2D eigenvalue weighted by Gasteiger charge is 2.41. The normalized spacial score (nSPS) is 29.4. The second-order valence-corrected chi connectivity index (χ2v) is 5.90. The smallest absolute Gasteiger partial charge is 0.165 e. The van der Waals surface area contributed by atoms with Crippen molar-refractivity contribution in [3.05, 3.63) is 23.8 Å². The summed E-state index contributed by atoms with van der Waals surface area (Å²) in [5.41, 5.74) is 1.21. The maximum atomic E-state index is 5.54. The van der Waals surface area contributed by atoms with Crippen LogP contribution < -0.4 is 14.8 Å². The maximum absolute atomic E-state index is 5.54. The van der Waals surface area contributed by atoms with Crippen molar-refractivity contribution < 1.29 is 9.47 Å². The molecule has 0 saturated carbocycles. The van der Waals surface area contributed by atoms with Gasteiger partial charge in [0.15, 0.2) is 11.5 Å². The van der Waals surface area contributed by atoms with Gasteiger partial charge in [0.05, 0.1) is 14.2 Å². The summed E-state index contributed by atoms with van der Waals surface area (Å²) in [4.78, 5) is 2.58. The van der Waals surface area contributed by atoms with Crippen LogP contribution in [0.5, 0.6) is 11.5 Å². The number of nitrogens with zero attached hydrogens (tertiary/aromatic N) is 1. The highest BCUT2D eigenvalue weighted by atomic mass is 16.5. The van der Waals surface area contributed by atoms with E-state index in [2.05, 4.69) is 23.2 Å². The van der Waals surface area contributed by atoms with Crippen molar-refractivity contribution in [1.82, 2.24) is 10.2 Å². The molecule has 1 aromatic carbocycles. The van der Waals surface area contributed by atoms with Gasteiger partial charge in [-0.3, -0.25) is 4.90 Å². The van der Waals surface area contributed by atoms with Gasteiger partial charge >= 0.3 is 0 Å². The summed E-state index contributed by atoms with van der Waals surface area (Å²) < 4.78 is 10.9. The van der Waals surface area contributed by atoms with Gasteiger partial charge in [0, 0.05) is 24.7 Å². The summed E-state index contributed by atoms with van der Waals surface area (Å²) in [6.45, 7) is 6.80. The van der Waals surface area contributed by atoms with Crippen molar-refractivity contribution in [1.29, 1.82) is 0 Å². The number of hydrogen-bond acceptors (Lipinski definition) is 4. The van der Waals surface area contributed by atoms with Crippen LogP contribution in [0.3, 0.4) is 0 Å². The Morgan fingerprint density at radius 2 is 2.10 bits per heavy atom. The number of hydrogen-bond donors (Lipinski definition) is 1. The lowest BCUT2D eigenvalue weighted by molar-refractivity contribution is 0.227. The van der Waals surface area contributed by atoms with Crippen LogP contribution in [-0.4, -0.2) is 44.8 Å². The molecule has 2 aliphatic rings. The number of methoxy groups -OCH3 is 2. The Bertz CT molecular complexity index is 478. The van der Waals surface area contributed by atoms with Crippen LogP contribution in [0.2, 0.25) is 0 Å². The van der Waals surface area contributed by atoms with E-state index in [9.17, 15) is 0 Å². The van der Waals surface area contributed by atoms with Gasteiger partial charge in [-0.2, -0.15) is 0 Å². The standard InChI is InChI=1S/C16H24N2O2/c1-11-14-8-17-7-13(14)10-18(11)9-12-5-4-6-15(19-2)16(12)20-3/h4-6,11,13-14,17H,7-10H2,1-3H3. The zero-order valence-electron chi connectivity index (χ0n) is 12.6. The predicted molar refractivity (Wildman–Crippen MR) is 79.3 cm³/mol. The number of likely N-dealkylation sites (tertiary alicyclic amines) is 1. The van der Waals surface area contributed by atoms with Crippen molar-refractivity contribution in [3.63, 3.8) is 0 Å². The van der Waals surface area contributed by atoms with E-state index in [0.29, 0.717) is 6.04 Å². The van der Waals surface area contributed by atoms with E-state index >= 15 is 0 Å². The van der Waals surface area contributed by atoms with E-state index in [4.69, 9.17) is 9.47 Å². The summed E-state index contributed by atoms with van der Waals surface area (Å²) in [5.74, 6) is 3.30. The monoisotopic (exact) mass is 276 g/mol. The van der Waals surface area contributed by atoms with Crippen LogP contribution >= 0.6 is 0 Å². The number of benzene rings is 1. The fraction of sp³-hybridized carbons (Fsp3) is 0.625. The van der Waals surface area contributed by atoms with E-state index in [1.807, 2.05) is 12.1 Å². The molecule has 2 saturated heterocycles. The van der Waals surface area contributed by atoms with E-state index in [1.54, 1.807) is 14.2 Å². The summed E-state index contributed by atoms with van der Waals surface area (Å²) in [7, 11) is 3.41. The van der Waals surface area contributed by atoms with Crippen LogP contribution in [0.25, 0.3) is 0 Å². The first-order valence-electron chi connectivity index (χ1n) is 7.39. The van der Waals surface area contributed by atoms with Crippen LogP contribution in [0.1, 0.15) is 12.5 Å². The Balaban J connectivity index is 1.78. The molecule has 4 nitrogen and oxygen atoms in total. The van der Waals surface area contributed by atoms with Crippen molar-refractivity contribution in [3.8, 4) is 11.5 Å². The number of nitrogens with one attached hydrogen (secondary N) is 1. The van der Waals surface area contributed by atoms with Crippen LogP contribution in [-0.2, 0) is 6.54 Å². The number of fused-ring (bicyclic) bond motifs is 1. The number of ether oxygens (including phenoxy) is 2. The molecule has 20 heavy (non-hydrogen) atoms.